The number of carbonyl (C=O) groups excluding carboxylic acids is 1. The normalized spacial score (nSPS) is 18.6. The van der Waals surface area contributed by atoms with Crippen molar-refractivity contribution in [2.45, 2.75) is 38.3 Å². The van der Waals surface area contributed by atoms with Gasteiger partial charge in [0.1, 0.15) is 11.6 Å². The molecule has 152 valence electrons. The molecule has 0 aromatic heterocycles. The number of methoxy groups -OCH3 is 1. The first-order chi connectivity index (χ1) is 14.1. The summed E-state index contributed by atoms with van der Waals surface area (Å²) in [4.78, 5) is 20.5. The smallest absolute Gasteiger partial charge is 0.226 e. The molecule has 2 aliphatic rings. The van der Waals surface area contributed by atoms with Crippen LogP contribution in [0.25, 0.3) is 0 Å². The van der Waals surface area contributed by atoms with Crippen LogP contribution >= 0.6 is 0 Å². The summed E-state index contributed by atoms with van der Waals surface area (Å²) in [5, 5.41) is 4.26. The van der Waals surface area contributed by atoms with E-state index in [1.807, 2.05) is 29.2 Å². The van der Waals surface area contributed by atoms with E-state index in [4.69, 9.17) is 9.57 Å². The Morgan fingerprint density at radius 2 is 1.97 bits per heavy atom. The molecule has 1 atom stereocenters. The summed E-state index contributed by atoms with van der Waals surface area (Å²) < 4.78 is 18.7. The highest BCUT2D eigenvalue weighted by Gasteiger charge is 2.33. The fraction of sp³-hybridized carbons (Fsp3) is 0.391. The van der Waals surface area contributed by atoms with E-state index in [9.17, 15) is 9.18 Å². The number of halogens is 1. The lowest BCUT2D eigenvalue weighted by Crippen LogP contribution is -2.42. The Kier molecular flexibility index (Phi) is 5.79. The number of benzene rings is 2. The first-order valence-corrected chi connectivity index (χ1v) is 10.0. The maximum Gasteiger partial charge on any atom is 0.226 e. The van der Waals surface area contributed by atoms with E-state index in [-0.39, 0.29) is 23.7 Å². The van der Waals surface area contributed by atoms with E-state index in [0.717, 1.165) is 41.9 Å². The summed E-state index contributed by atoms with van der Waals surface area (Å²) in [5.41, 5.74) is 2.64. The van der Waals surface area contributed by atoms with Crippen LogP contribution in [0.5, 0.6) is 5.75 Å². The number of amides is 1. The van der Waals surface area contributed by atoms with E-state index >= 15 is 0 Å². The van der Waals surface area contributed by atoms with Crippen LogP contribution in [0, 0.1) is 11.7 Å². The minimum Gasteiger partial charge on any atom is -0.496 e. The highest BCUT2D eigenvalue weighted by atomic mass is 19.1. The second-order valence-electron chi connectivity index (χ2n) is 7.64. The predicted octanol–water partition coefficient (Wildman–Crippen LogP) is 4.16. The highest BCUT2D eigenvalue weighted by Crippen LogP contribution is 2.30. The molecule has 0 bridgehead atoms. The van der Waals surface area contributed by atoms with Gasteiger partial charge in [-0.2, -0.15) is 0 Å². The highest BCUT2D eigenvalue weighted by molar-refractivity contribution is 6.03. The van der Waals surface area contributed by atoms with Gasteiger partial charge in [0, 0.05) is 24.4 Å². The van der Waals surface area contributed by atoms with Crippen LogP contribution in [0.1, 0.15) is 36.8 Å². The second-order valence-corrected chi connectivity index (χ2v) is 7.64. The maximum absolute atomic E-state index is 13.2. The third-order valence-electron chi connectivity index (χ3n) is 5.63. The van der Waals surface area contributed by atoms with Crippen molar-refractivity contribution in [3.63, 3.8) is 0 Å². The molecule has 1 aliphatic carbocycles. The lowest BCUT2D eigenvalue weighted by Gasteiger charge is -2.32. The van der Waals surface area contributed by atoms with Gasteiger partial charge >= 0.3 is 0 Å². The van der Waals surface area contributed by atoms with Crippen molar-refractivity contribution in [3.05, 3.63) is 65.5 Å². The molecule has 0 saturated heterocycles. The molecule has 5 nitrogen and oxygen atoms in total. The Bertz CT molecular complexity index is 893. The van der Waals surface area contributed by atoms with Crippen LogP contribution in [0.15, 0.2) is 53.7 Å². The Morgan fingerprint density at radius 1 is 1.21 bits per heavy atom. The molecule has 0 N–H and O–H groups in total. The number of hydrogen-bond donors (Lipinski definition) is 0. The van der Waals surface area contributed by atoms with E-state index in [0.29, 0.717) is 19.5 Å². The van der Waals surface area contributed by atoms with Gasteiger partial charge in [0.05, 0.1) is 19.4 Å². The van der Waals surface area contributed by atoms with Crippen LogP contribution in [0.3, 0.4) is 0 Å². The topological polar surface area (TPSA) is 51.1 Å². The van der Waals surface area contributed by atoms with E-state index < -0.39 is 0 Å². The minimum absolute atomic E-state index is 0.0893. The van der Waals surface area contributed by atoms with Crippen molar-refractivity contribution in [2.75, 3.05) is 13.7 Å². The number of nitrogens with zero attached hydrogens (tertiary/aromatic N) is 2. The van der Waals surface area contributed by atoms with Gasteiger partial charge in [0.2, 0.25) is 5.91 Å². The molecular formula is C23H25FN2O3. The van der Waals surface area contributed by atoms with Crippen molar-refractivity contribution in [2.24, 2.45) is 11.1 Å². The molecule has 1 aliphatic heterocycles. The van der Waals surface area contributed by atoms with Crippen molar-refractivity contribution in [1.29, 1.82) is 0 Å². The summed E-state index contributed by atoms with van der Waals surface area (Å²) in [6, 6.07) is 14.0. The number of carbonyl (C=O) groups is 1. The van der Waals surface area contributed by atoms with Gasteiger partial charge in [-0.3, -0.25) is 4.79 Å². The van der Waals surface area contributed by atoms with E-state index in [1.54, 1.807) is 19.2 Å². The first-order valence-electron chi connectivity index (χ1n) is 10.0. The molecule has 0 radical (unpaired) electrons. The SMILES string of the molecule is COc1ccccc1C1=NOC(CN(Cc2ccc(F)cc2)C(=O)C2CCC2)C1. The molecule has 1 saturated carbocycles. The Hall–Kier alpha value is -2.89. The fourth-order valence-electron chi connectivity index (χ4n) is 3.77. The third-order valence-corrected chi connectivity index (χ3v) is 5.63. The molecule has 29 heavy (non-hydrogen) atoms. The van der Waals surface area contributed by atoms with Crippen LogP contribution in [0.2, 0.25) is 0 Å². The molecule has 1 heterocycles. The molecular weight excluding hydrogens is 371 g/mol. The summed E-state index contributed by atoms with van der Waals surface area (Å²) in [6.07, 6.45) is 3.37. The van der Waals surface area contributed by atoms with E-state index in [2.05, 4.69) is 5.16 Å². The maximum atomic E-state index is 13.2. The Labute approximate surface area is 170 Å². The number of para-hydroxylation sites is 1. The summed E-state index contributed by atoms with van der Waals surface area (Å²) in [5.74, 6) is 0.713. The Balaban J connectivity index is 1.45. The molecule has 1 amide bonds. The summed E-state index contributed by atoms with van der Waals surface area (Å²) in [6.45, 7) is 0.897. The number of hydrogen-bond acceptors (Lipinski definition) is 4. The molecule has 1 unspecified atom stereocenters. The number of rotatable bonds is 7. The molecule has 2 aromatic rings. The second kappa shape index (κ2) is 8.64. The van der Waals surface area contributed by atoms with Gasteiger partial charge in [0.15, 0.2) is 6.10 Å². The Morgan fingerprint density at radius 3 is 2.66 bits per heavy atom. The molecule has 2 aromatic carbocycles. The van der Waals surface area contributed by atoms with Gasteiger partial charge in [-0.05, 0) is 42.7 Å². The predicted molar refractivity (Wildman–Crippen MR) is 108 cm³/mol. The zero-order valence-corrected chi connectivity index (χ0v) is 16.5. The number of ether oxygens (including phenoxy) is 1. The third kappa shape index (κ3) is 4.42. The van der Waals surface area contributed by atoms with Gasteiger partial charge in [0.25, 0.3) is 0 Å². The average Bonchev–Trinajstić information content (AvgIpc) is 3.16. The standard InChI is InChI=1S/C23H25FN2O3/c1-28-22-8-3-2-7-20(22)21-13-19(29-25-21)15-26(23(27)17-5-4-6-17)14-16-9-11-18(24)12-10-16/h2-3,7-12,17,19H,4-6,13-15H2,1H3. The largest absolute Gasteiger partial charge is 0.496 e. The minimum atomic E-state index is -0.278. The quantitative estimate of drug-likeness (QED) is 0.706. The lowest BCUT2D eigenvalue weighted by atomic mass is 9.84. The first kappa shape index (κ1) is 19.4. The van der Waals surface area contributed by atoms with Crippen molar-refractivity contribution in [1.82, 2.24) is 4.90 Å². The van der Waals surface area contributed by atoms with Gasteiger partial charge in [-0.1, -0.05) is 35.8 Å². The molecule has 1 fully saturated rings. The van der Waals surface area contributed by atoms with Gasteiger partial charge < -0.3 is 14.5 Å². The lowest BCUT2D eigenvalue weighted by molar-refractivity contribution is -0.140. The number of oxime groups is 1. The average molecular weight is 396 g/mol. The van der Waals surface area contributed by atoms with E-state index in [1.165, 1.54) is 12.1 Å². The molecule has 0 spiro atoms. The van der Waals surface area contributed by atoms with Crippen LogP contribution in [-0.2, 0) is 16.2 Å². The zero-order valence-electron chi connectivity index (χ0n) is 16.5. The van der Waals surface area contributed by atoms with Crippen molar-refractivity contribution >= 4 is 11.6 Å². The van der Waals surface area contributed by atoms with Crippen molar-refractivity contribution in [3.8, 4) is 5.75 Å². The van der Waals surface area contributed by atoms with Crippen LogP contribution in [-0.4, -0.2) is 36.3 Å². The fourth-order valence-corrected chi connectivity index (χ4v) is 3.77. The van der Waals surface area contributed by atoms with Crippen LogP contribution < -0.4 is 4.74 Å². The molecule has 4 rings (SSSR count). The molecule has 6 heteroatoms. The summed E-state index contributed by atoms with van der Waals surface area (Å²) in [7, 11) is 1.63. The van der Waals surface area contributed by atoms with Gasteiger partial charge in [-0.25, -0.2) is 4.39 Å². The summed E-state index contributed by atoms with van der Waals surface area (Å²) >= 11 is 0. The monoisotopic (exact) mass is 396 g/mol. The van der Waals surface area contributed by atoms with Crippen molar-refractivity contribution < 1.29 is 18.8 Å². The van der Waals surface area contributed by atoms with Gasteiger partial charge in [-0.15, -0.1) is 0 Å². The zero-order chi connectivity index (χ0) is 20.2. The van der Waals surface area contributed by atoms with Crippen LogP contribution in [0.4, 0.5) is 4.39 Å².